The molecule has 3 amide bonds. The van der Waals surface area contributed by atoms with Crippen LogP contribution in [0.15, 0.2) is 12.1 Å². The van der Waals surface area contributed by atoms with Gasteiger partial charge in [0.25, 0.3) is 0 Å². The molecule has 23 heavy (non-hydrogen) atoms. The fourth-order valence-corrected chi connectivity index (χ4v) is 2.54. The minimum absolute atomic E-state index is 0.148. The highest BCUT2D eigenvalue weighted by Crippen LogP contribution is 2.30. The van der Waals surface area contributed by atoms with Crippen molar-refractivity contribution in [3.63, 3.8) is 0 Å². The third-order valence-corrected chi connectivity index (χ3v) is 3.83. The van der Waals surface area contributed by atoms with Crippen LogP contribution in [0.1, 0.15) is 17.5 Å². The van der Waals surface area contributed by atoms with Gasteiger partial charge in [0.15, 0.2) is 11.5 Å². The summed E-state index contributed by atoms with van der Waals surface area (Å²) in [6, 6.07) is 3.50. The molecule has 0 bridgehead atoms. The zero-order valence-electron chi connectivity index (χ0n) is 14.0. The molecule has 7 nitrogen and oxygen atoms in total. The van der Waals surface area contributed by atoms with E-state index in [2.05, 4.69) is 5.32 Å². The Hall–Kier alpha value is -2.28. The van der Waals surface area contributed by atoms with Gasteiger partial charge in [-0.1, -0.05) is 0 Å². The van der Waals surface area contributed by atoms with E-state index in [1.807, 2.05) is 31.0 Å². The number of nitrogens with one attached hydrogen (secondary N) is 1. The van der Waals surface area contributed by atoms with Gasteiger partial charge in [-0.3, -0.25) is 14.6 Å². The fourth-order valence-electron chi connectivity index (χ4n) is 2.54. The third-order valence-electron chi connectivity index (χ3n) is 3.83. The molecule has 0 aliphatic carbocycles. The van der Waals surface area contributed by atoms with Crippen LogP contribution in [-0.4, -0.2) is 56.2 Å². The second-order valence-electron chi connectivity index (χ2n) is 5.59. The van der Waals surface area contributed by atoms with Crippen molar-refractivity contribution < 1.29 is 19.1 Å². The lowest BCUT2D eigenvalue weighted by Crippen LogP contribution is -2.53. The van der Waals surface area contributed by atoms with E-state index in [0.717, 1.165) is 11.1 Å². The van der Waals surface area contributed by atoms with Crippen LogP contribution >= 0.6 is 0 Å². The standard InChI is InChI=1S/C16H23N3O4/c1-11-7-13(22-3)14(23-4)8-12(11)9-18(2)10-19-15(20)5-6-17-16(19)21/h7-8H,5-6,9-10H2,1-4H3,(H,17,21). The van der Waals surface area contributed by atoms with Crippen molar-refractivity contribution in [1.82, 2.24) is 15.1 Å². The van der Waals surface area contributed by atoms with Gasteiger partial charge in [-0.15, -0.1) is 0 Å². The number of imide groups is 1. The Labute approximate surface area is 136 Å². The first-order chi connectivity index (χ1) is 11.0. The van der Waals surface area contributed by atoms with Gasteiger partial charge in [-0.2, -0.15) is 0 Å². The average Bonchev–Trinajstić information content (AvgIpc) is 2.52. The number of benzene rings is 1. The summed E-state index contributed by atoms with van der Waals surface area (Å²) in [5.41, 5.74) is 2.11. The number of urea groups is 1. The number of aryl methyl sites for hydroxylation is 1. The molecule has 1 fully saturated rings. The van der Waals surface area contributed by atoms with Crippen molar-refractivity contribution in [2.75, 3.05) is 34.5 Å². The lowest BCUT2D eigenvalue weighted by molar-refractivity contribution is -0.130. The molecule has 7 heteroatoms. The summed E-state index contributed by atoms with van der Waals surface area (Å²) in [4.78, 5) is 26.8. The van der Waals surface area contributed by atoms with Crippen molar-refractivity contribution in [2.24, 2.45) is 0 Å². The number of ether oxygens (including phenoxy) is 2. The van der Waals surface area contributed by atoms with Crippen LogP contribution in [0.25, 0.3) is 0 Å². The first kappa shape index (κ1) is 17.1. The highest BCUT2D eigenvalue weighted by Gasteiger charge is 2.26. The average molecular weight is 321 g/mol. The Morgan fingerprint density at radius 2 is 1.87 bits per heavy atom. The fraction of sp³-hybridized carbons (Fsp3) is 0.500. The second-order valence-corrected chi connectivity index (χ2v) is 5.59. The first-order valence-corrected chi connectivity index (χ1v) is 7.44. The summed E-state index contributed by atoms with van der Waals surface area (Å²) < 4.78 is 10.6. The zero-order valence-corrected chi connectivity index (χ0v) is 14.0. The molecule has 1 aromatic carbocycles. The van der Waals surface area contributed by atoms with Crippen LogP contribution in [0, 0.1) is 6.92 Å². The number of rotatable bonds is 6. The summed E-state index contributed by atoms with van der Waals surface area (Å²) in [5, 5.41) is 2.68. The van der Waals surface area contributed by atoms with E-state index in [1.165, 1.54) is 4.90 Å². The van der Waals surface area contributed by atoms with Crippen LogP contribution in [0.2, 0.25) is 0 Å². The summed E-state index contributed by atoms with van der Waals surface area (Å²) in [5.74, 6) is 1.19. The number of carbonyl (C=O) groups excluding carboxylic acids is 2. The monoisotopic (exact) mass is 321 g/mol. The molecule has 0 aromatic heterocycles. The van der Waals surface area contributed by atoms with Gasteiger partial charge in [-0.05, 0) is 37.2 Å². The summed E-state index contributed by atoms with van der Waals surface area (Å²) >= 11 is 0. The van der Waals surface area contributed by atoms with Crippen LogP contribution in [0.4, 0.5) is 4.79 Å². The van der Waals surface area contributed by atoms with Crippen LogP contribution in [-0.2, 0) is 11.3 Å². The first-order valence-electron chi connectivity index (χ1n) is 7.44. The SMILES string of the molecule is COc1cc(C)c(CN(C)CN2C(=O)CCNC2=O)cc1OC. The van der Waals surface area contributed by atoms with Gasteiger partial charge < -0.3 is 14.8 Å². The Morgan fingerprint density at radius 1 is 1.22 bits per heavy atom. The predicted octanol–water partition coefficient (Wildman–Crippen LogP) is 1.34. The number of hydrogen-bond acceptors (Lipinski definition) is 5. The highest BCUT2D eigenvalue weighted by molar-refractivity contribution is 5.96. The van der Waals surface area contributed by atoms with Gasteiger partial charge in [-0.25, -0.2) is 4.79 Å². The maximum Gasteiger partial charge on any atom is 0.325 e. The predicted molar refractivity (Wildman–Crippen MR) is 85.5 cm³/mol. The number of carbonyl (C=O) groups is 2. The lowest BCUT2D eigenvalue weighted by Gasteiger charge is -2.30. The Kier molecular flexibility index (Phi) is 5.44. The minimum Gasteiger partial charge on any atom is -0.493 e. The molecule has 0 unspecified atom stereocenters. The Morgan fingerprint density at radius 3 is 2.48 bits per heavy atom. The van der Waals surface area contributed by atoms with E-state index in [-0.39, 0.29) is 18.6 Å². The number of amides is 3. The smallest absolute Gasteiger partial charge is 0.325 e. The highest BCUT2D eigenvalue weighted by atomic mass is 16.5. The van der Waals surface area contributed by atoms with Crippen LogP contribution < -0.4 is 14.8 Å². The van der Waals surface area contributed by atoms with E-state index in [9.17, 15) is 9.59 Å². The molecule has 0 radical (unpaired) electrons. The molecule has 1 saturated heterocycles. The van der Waals surface area contributed by atoms with Gasteiger partial charge in [0.2, 0.25) is 5.91 Å². The van der Waals surface area contributed by atoms with Crippen LogP contribution in [0.3, 0.4) is 0 Å². The van der Waals surface area contributed by atoms with Gasteiger partial charge >= 0.3 is 6.03 Å². The molecular weight excluding hydrogens is 298 g/mol. The molecule has 1 aliphatic rings. The molecule has 1 heterocycles. The van der Waals surface area contributed by atoms with Crippen molar-refractivity contribution in [2.45, 2.75) is 19.9 Å². The summed E-state index contributed by atoms with van der Waals surface area (Å²) in [7, 11) is 5.06. The normalized spacial score (nSPS) is 14.9. The molecule has 0 atom stereocenters. The number of nitrogens with zero attached hydrogens (tertiary/aromatic N) is 2. The van der Waals surface area contributed by atoms with Crippen molar-refractivity contribution in [3.8, 4) is 11.5 Å². The molecule has 0 saturated carbocycles. The maximum absolute atomic E-state index is 11.8. The molecule has 1 aromatic rings. The van der Waals surface area contributed by atoms with Crippen molar-refractivity contribution in [1.29, 1.82) is 0 Å². The van der Waals surface area contributed by atoms with Gasteiger partial charge in [0.05, 0.1) is 20.9 Å². The van der Waals surface area contributed by atoms with E-state index in [4.69, 9.17) is 9.47 Å². The molecular formula is C16H23N3O4. The summed E-state index contributed by atoms with van der Waals surface area (Å²) in [6.45, 7) is 3.23. The van der Waals surface area contributed by atoms with Crippen molar-refractivity contribution >= 4 is 11.9 Å². The molecule has 2 rings (SSSR count). The summed E-state index contributed by atoms with van der Waals surface area (Å²) in [6.07, 6.45) is 0.342. The largest absolute Gasteiger partial charge is 0.493 e. The number of methoxy groups -OCH3 is 2. The third kappa shape index (κ3) is 3.92. The second kappa shape index (κ2) is 7.32. The quantitative estimate of drug-likeness (QED) is 0.856. The topological polar surface area (TPSA) is 71.1 Å². The Balaban J connectivity index is 2.09. The van der Waals surface area contributed by atoms with Gasteiger partial charge in [0, 0.05) is 19.5 Å². The maximum atomic E-state index is 11.8. The lowest BCUT2D eigenvalue weighted by atomic mass is 10.1. The van der Waals surface area contributed by atoms with Crippen LogP contribution in [0.5, 0.6) is 11.5 Å². The van der Waals surface area contributed by atoms with Crippen molar-refractivity contribution in [3.05, 3.63) is 23.3 Å². The van der Waals surface area contributed by atoms with E-state index >= 15 is 0 Å². The van der Waals surface area contributed by atoms with E-state index in [1.54, 1.807) is 14.2 Å². The zero-order chi connectivity index (χ0) is 17.0. The Bertz CT molecular complexity index is 587. The molecule has 0 spiro atoms. The number of hydrogen-bond donors (Lipinski definition) is 1. The van der Waals surface area contributed by atoms with Gasteiger partial charge in [0.1, 0.15) is 0 Å². The molecule has 1 N–H and O–H groups in total. The van der Waals surface area contributed by atoms with E-state index in [0.29, 0.717) is 31.0 Å². The minimum atomic E-state index is -0.336. The molecule has 1 aliphatic heterocycles. The molecule has 126 valence electrons. The van der Waals surface area contributed by atoms with E-state index < -0.39 is 0 Å².